The number of benzene rings is 3. The smallest absolute Gasteiger partial charge is 0.264 e. The third kappa shape index (κ3) is 4.99. The van der Waals surface area contributed by atoms with E-state index in [1.165, 1.54) is 10.4 Å². The number of nitrogens with zero attached hydrogens (tertiary/aromatic N) is 1. The molecule has 0 radical (unpaired) electrons. The molecule has 4 rings (SSSR count). The van der Waals surface area contributed by atoms with Crippen LogP contribution >= 0.6 is 11.6 Å². The molecule has 3 aromatic rings. The SMILES string of the molecule is Cc1cc(S(=O)(=O)N2CCc3ccccc32)ccc1OCC(=O)NC(C)c1ccc(Cl)cc1. The minimum atomic E-state index is -3.68. The van der Waals surface area contributed by atoms with E-state index in [1.54, 1.807) is 31.2 Å². The number of carbonyl (C=O) groups is 1. The molecule has 6 nitrogen and oxygen atoms in total. The maximum Gasteiger partial charge on any atom is 0.264 e. The highest BCUT2D eigenvalue weighted by Crippen LogP contribution is 2.33. The van der Waals surface area contributed by atoms with Crippen molar-refractivity contribution in [1.29, 1.82) is 0 Å². The number of anilines is 1. The topological polar surface area (TPSA) is 75.7 Å². The lowest BCUT2D eigenvalue weighted by atomic mass is 10.1. The Balaban J connectivity index is 1.41. The second-order valence-electron chi connectivity index (χ2n) is 8.01. The highest BCUT2D eigenvalue weighted by molar-refractivity contribution is 7.92. The summed E-state index contributed by atoms with van der Waals surface area (Å²) in [6.45, 7) is 3.89. The van der Waals surface area contributed by atoms with E-state index in [-0.39, 0.29) is 23.5 Å². The Morgan fingerprint density at radius 1 is 1.12 bits per heavy atom. The average Bonchev–Trinajstić information content (AvgIpc) is 3.23. The van der Waals surface area contributed by atoms with Gasteiger partial charge in [-0.2, -0.15) is 0 Å². The first-order valence-corrected chi connectivity index (χ1v) is 12.5. The second kappa shape index (κ2) is 9.45. The van der Waals surface area contributed by atoms with Crippen molar-refractivity contribution in [2.45, 2.75) is 31.2 Å². The molecule has 1 atom stereocenters. The first-order valence-electron chi connectivity index (χ1n) is 10.6. The highest BCUT2D eigenvalue weighted by Gasteiger charge is 2.30. The van der Waals surface area contributed by atoms with Crippen LogP contribution in [0.25, 0.3) is 0 Å². The van der Waals surface area contributed by atoms with Crippen LogP contribution in [0.4, 0.5) is 5.69 Å². The normalized spacial score (nSPS) is 14.0. The molecule has 1 aliphatic heterocycles. The van der Waals surface area contributed by atoms with E-state index < -0.39 is 10.0 Å². The van der Waals surface area contributed by atoms with Crippen molar-refractivity contribution in [2.24, 2.45) is 0 Å². The fourth-order valence-corrected chi connectivity index (χ4v) is 5.61. The number of fused-ring (bicyclic) bond motifs is 1. The number of amides is 1. The Morgan fingerprint density at radius 2 is 1.85 bits per heavy atom. The van der Waals surface area contributed by atoms with Crippen LogP contribution < -0.4 is 14.4 Å². The highest BCUT2D eigenvalue weighted by atomic mass is 35.5. The van der Waals surface area contributed by atoms with Gasteiger partial charge in [0, 0.05) is 11.6 Å². The molecule has 0 saturated heterocycles. The zero-order valence-electron chi connectivity index (χ0n) is 18.4. The van der Waals surface area contributed by atoms with Gasteiger partial charge in [-0.3, -0.25) is 9.10 Å². The van der Waals surface area contributed by atoms with Crippen LogP contribution in [0.3, 0.4) is 0 Å². The molecule has 0 aliphatic carbocycles. The average molecular weight is 485 g/mol. The molecule has 0 aromatic heterocycles. The van der Waals surface area contributed by atoms with Crippen molar-refractivity contribution in [3.8, 4) is 5.75 Å². The number of rotatable bonds is 7. The predicted molar refractivity (Wildman–Crippen MR) is 129 cm³/mol. The minimum absolute atomic E-state index is 0.176. The number of para-hydroxylation sites is 1. The number of aryl methyl sites for hydroxylation is 1. The molecule has 8 heteroatoms. The quantitative estimate of drug-likeness (QED) is 0.529. The number of hydrogen-bond acceptors (Lipinski definition) is 4. The van der Waals surface area contributed by atoms with E-state index in [0.717, 1.165) is 16.8 Å². The molecule has 0 spiro atoms. The number of halogens is 1. The van der Waals surface area contributed by atoms with Gasteiger partial charge in [0.15, 0.2) is 6.61 Å². The van der Waals surface area contributed by atoms with Gasteiger partial charge >= 0.3 is 0 Å². The third-order valence-electron chi connectivity index (χ3n) is 5.69. The molecule has 0 bridgehead atoms. The predicted octanol–water partition coefficient (Wildman–Crippen LogP) is 4.66. The van der Waals surface area contributed by atoms with Crippen molar-refractivity contribution in [3.63, 3.8) is 0 Å². The minimum Gasteiger partial charge on any atom is -0.484 e. The molecule has 1 aliphatic rings. The maximum atomic E-state index is 13.2. The molecule has 1 N–H and O–H groups in total. The van der Waals surface area contributed by atoms with Crippen molar-refractivity contribution in [1.82, 2.24) is 5.32 Å². The second-order valence-corrected chi connectivity index (χ2v) is 10.3. The Morgan fingerprint density at radius 3 is 2.58 bits per heavy atom. The molecular weight excluding hydrogens is 460 g/mol. The van der Waals surface area contributed by atoms with E-state index in [2.05, 4.69) is 5.32 Å². The van der Waals surface area contributed by atoms with Crippen LogP contribution in [0.5, 0.6) is 5.75 Å². The molecule has 172 valence electrons. The first kappa shape index (κ1) is 23.1. The molecular formula is C25H25ClN2O4S. The van der Waals surface area contributed by atoms with Crippen molar-refractivity contribution >= 4 is 33.2 Å². The number of nitrogens with one attached hydrogen (secondary N) is 1. The van der Waals surface area contributed by atoms with E-state index in [4.69, 9.17) is 16.3 Å². The van der Waals surface area contributed by atoms with E-state index in [9.17, 15) is 13.2 Å². The number of hydrogen-bond donors (Lipinski definition) is 1. The van der Waals surface area contributed by atoms with Crippen LogP contribution in [0.1, 0.15) is 29.7 Å². The molecule has 1 amide bonds. The molecule has 0 fully saturated rings. The Bertz CT molecular complexity index is 1280. The Hall–Kier alpha value is -3.03. The number of sulfonamides is 1. The lowest BCUT2D eigenvalue weighted by Gasteiger charge is -2.20. The lowest BCUT2D eigenvalue weighted by molar-refractivity contribution is -0.123. The van der Waals surface area contributed by atoms with Crippen molar-refractivity contribution in [3.05, 3.63) is 88.4 Å². The molecule has 0 saturated carbocycles. The Labute approximate surface area is 199 Å². The zero-order valence-corrected chi connectivity index (χ0v) is 20.0. The van der Waals surface area contributed by atoms with Crippen LogP contribution in [0.15, 0.2) is 71.6 Å². The number of carbonyl (C=O) groups excluding carboxylic acids is 1. The summed E-state index contributed by atoms with van der Waals surface area (Å²) in [5, 5.41) is 3.51. The Kier molecular flexibility index (Phi) is 6.63. The van der Waals surface area contributed by atoms with E-state index >= 15 is 0 Å². The van der Waals surface area contributed by atoms with Crippen LogP contribution in [-0.2, 0) is 21.2 Å². The van der Waals surface area contributed by atoms with E-state index in [1.807, 2.05) is 43.3 Å². The van der Waals surface area contributed by atoms with Gasteiger partial charge in [0.2, 0.25) is 0 Å². The third-order valence-corrected chi connectivity index (χ3v) is 7.75. The summed E-state index contributed by atoms with van der Waals surface area (Å²) >= 11 is 5.91. The fourth-order valence-electron chi connectivity index (χ4n) is 3.89. The van der Waals surface area contributed by atoms with Gasteiger partial charge in [-0.1, -0.05) is 41.9 Å². The van der Waals surface area contributed by atoms with Crippen LogP contribution in [0, 0.1) is 6.92 Å². The zero-order chi connectivity index (χ0) is 23.6. The molecule has 1 unspecified atom stereocenters. The number of ether oxygens (including phenoxy) is 1. The summed E-state index contributed by atoms with van der Waals surface area (Å²) in [5.41, 5.74) is 3.32. The molecule has 3 aromatic carbocycles. The van der Waals surface area contributed by atoms with Gasteiger partial charge in [-0.15, -0.1) is 0 Å². The van der Waals surface area contributed by atoms with Crippen LogP contribution in [-0.4, -0.2) is 27.5 Å². The van der Waals surface area contributed by atoms with Crippen molar-refractivity contribution in [2.75, 3.05) is 17.5 Å². The fraction of sp³-hybridized carbons (Fsp3) is 0.240. The first-order chi connectivity index (χ1) is 15.8. The standard InChI is InChI=1S/C25H25ClN2O4S/c1-17-15-22(33(30,31)28-14-13-20-5-3-4-6-23(20)28)11-12-24(17)32-16-25(29)27-18(2)19-7-9-21(26)10-8-19/h3-12,15,18H,13-14,16H2,1-2H3,(H,27,29). The van der Waals surface area contributed by atoms with Crippen molar-refractivity contribution < 1.29 is 17.9 Å². The summed E-state index contributed by atoms with van der Waals surface area (Å²) in [7, 11) is -3.68. The van der Waals surface area contributed by atoms with E-state index in [0.29, 0.717) is 29.3 Å². The van der Waals surface area contributed by atoms with Gasteiger partial charge in [-0.05, 0) is 73.4 Å². The van der Waals surface area contributed by atoms with Crippen LogP contribution in [0.2, 0.25) is 5.02 Å². The van der Waals surface area contributed by atoms with Gasteiger partial charge in [-0.25, -0.2) is 8.42 Å². The van der Waals surface area contributed by atoms with Gasteiger partial charge in [0.05, 0.1) is 16.6 Å². The molecule has 33 heavy (non-hydrogen) atoms. The van der Waals surface area contributed by atoms with Gasteiger partial charge in [0.25, 0.3) is 15.9 Å². The van der Waals surface area contributed by atoms with Gasteiger partial charge < -0.3 is 10.1 Å². The maximum absolute atomic E-state index is 13.2. The lowest BCUT2D eigenvalue weighted by Crippen LogP contribution is -2.31. The largest absolute Gasteiger partial charge is 0.484 e. The summed E-state index contributed by atoms with van der Waals surface area (Å²) < 4.78 is 33.5. The summed E-state index contributed by atoms with van der Waals surface area (Å²) in [4.78, 5) is 12.5. The molecule has 1 heterocycles. The monoisotopic (exact) mass is 484 g/mol. The summed E-state index contributed by atoms with van der Waals surface area (Å²) in [6.07, 6.45) is 0.694. The summed E-state index contributed by atoms with van der Waals surface area (Å²) in [6, 6.07) is 19.3. The summed E-state index contributed by atoms with van der Waals surface area (Å²) in [5.74, 6) is 0.187. The van der Waals surface area contributed by atoms with Gasteiger partial charge in [0.1, 0.15) is 5.75 Å².